The number of esters is 1. The summed E-state index contributed by atoms with van der Waals surface area (Å²) >= 11 is 7.29. The third-order valence-electron chi connectivity index (χ3n) is 6.95. The molecule has 0 amide bonds. The number of thiophene rings is 1. The predicted octanol–water partition coefficient (Wildman–Crippen LogP) is 6.48. The number of hydrogen-bond acceptors (Lipinski definition) is 5. The molecule has 5 rings (SSSR count). The molecule has 186 valence electrons. The van der Waals surface area contributed by atoms with E-state index < -0.39 is 0 Å². The van der Waals surface area contributed by atoms with Crippen LogP contribution in [0.5, 0.6) is 0 Å². The molecule has 1 aliphatic carbocycles. The van der Waals surface area contributed by atoms with E-state index in [0.717, 1.165) is 46.9 Å². The highest BCUT2D eigenvalue weighted by molar-refractivity contribution is 7.80. The second kappa shape index (κ2) is 10.0. The molecule has 0 radical (unpaired) electrons. The highest BCUT2D eigenvalue weighted by atomic mass is 32.1. The summed E-state index contributed by atoms with van der Waals surface area (Å²) in [6, 6.07) is 14.8. The average Bonchev–Trinajstić information content (AvgIpc) is 3.34. The Morgan fingerprint density at radius 3 is 2.78 bits per heavy atom. The maximum atomic E-state index is 12.6. The molecule has 4 aromatic rings. The molecule has 6 nitrogen and oxygen atoms in total. The highest BCUT2D eigenvalue weighted by Gasteiger charge is 2.28. The zero-order chi connectivity index (χ0) is 25.4. The largest absolute Gasteiger partial charge is 0.465 e. The fraction of sp³-hybridized carbons (Fsp3) is 0.321. The average molecular weight is 519 g/mol. The summed E-state index contributed by atoms with van der Waals surface area (Å²) in [5, 5.41) is 15.0. The van der Waals surface area contributed by atoms with E-state index >= 15 is 0 Å². The van der Waals surface area contributed by atoms with Crippen LogP contribution in [0, 0.1) is 19.8 Å². The Bertz CT molecular complexity index is 1460. The number of anilines is 2. The monoisotopic (exact) mass is 518 g/mol. The van der Waals surface area contributed by atoms with Crippen LogP contribution in [0.3, 0.4) is 0 Å². The Kier molecular flexibility index (Phi) is 6.81. The number of carbonyl (C=O) groups is 1. The number of benzene rings is 2. The summed E-state index contributed by atoms with van der Waals surface area (Å²) in [5.74, 6) is 0.292. The first-order chi connectivity index (χ1) is 17.4. The fourth-order valence-corrected chi connectivity index (χ4v) is 6.70. The topological polar surface area (TPSA) is 68.2 Å². The summed E-state index contributed by atoms with van der Waals surface area (Å²) in [5.41, 5.74) is 5.68. The van der Waals surface area contributed by atoms with Gasteiger partial charge in [0.25, 0.3) is 0 Å². The molecule has 8 heteroatoms. The van der Waals surface area contributed by atoms with E-state index in [1.807, 2.05) is 18.5 Å². The lowest BCUT2D eigenvalue weighted by atomic mass is 9.88. The summed E-state index contributed by atoms with van der Waals surface area (Å²) in [7, 11) is 1.43. The Balaban J connectivity index is 1.38. The number of nitrogens with one attached hydrogen (secondary N) is 2. The van der Waals surface area contributed by atoms with Gasteiger partial charge in [-0.1, -0.05) is 49.4 Å². The Morgan fingerprint density at radius 1 is 1.19 bits per heavy atom. The van der Waals surface area contributed by atoms with Gasteiger partial charge in [0.1, 0.15) is 5.00 Å². The van der Waals surface area contributed by atoms with Crippen LogP contribution in [0.1, 0.15) is 51.1 Å². The second-order valence-electron chi connectivity index (χ2n) is 9.47. The van der Waals surface area contributed by atoms with Gasteiger partial charge in [-0.05, 0) is 73.1 Å². The normalized spacial score (nSPS) is 14.9. The minimum absolute atomic E-state index is 0.317. The molecule has 2 N–H and O–H groups in total. The number of aryl methyl sites for hydroxylation is 1. The molecule has 0 bridgehead atoms. The van der Waals surface area contributed by atoms with Crippen molar-refractivity contribution >= 4 is 56.1 Å². The number of hydrogen-bond donors (Lipinski definition) is 2. The molecule has 1 aliphatic rings. The van der Waals surface area contributed by atoms with E-state index in [-0.39, 0.29) is 5.97 Å². The van der Waals surface area contributed by atoms with Crippen LogP contribution < -0.4 is 10.6 Å². The van der Waals surface area contributed by atoms with Crippen molar-refractivity contribution in [3.63, 3.8) is 0 Å². The molecule has 36 heavy (non-hydrogen) atoms. The lowest BCUT2D eigenvalue weighted by molar-refractivity contribution is 0.0601. The molecule has 1 atom stereocenters. The van der Waals surface area contributed by atoms with Crippen molar-refractivity contribution in [1.82, 2.24) is 9.78 Å². The lowest BCUT2D eigenvalue weighted by Gasteiger charge is -2.18. The van der Waals surface area contributed by atoms with Crippen LogP contribution in [0.4, 0.5) is 10.7 Å². The minimum Gasteiger partial charge on any atom is -0.465 e. The Morgan fingerprint density at radius 2 is 1.97 bits per heavy atom. The first-order valence-electron chi connectivity index (χ1n) is 12.2. The van der Waals surface area contributed by atoms with Crippen molar-refractivity contribution in [3.05, 3.63) is 75.4 Å². The summed E-state index contributed by atoms with van der Waals surface area (Å²) in [6.45, 7) is 6.93. The van der Waals surface area contributed by atoms with Gasteiger partial charge in [0.2, 0.25) is 0 Å². The van der Waals surface area contributed by atoms with Gasteiger partial charge in [-0.25, -0.2) is 4.79 Å². The summed E-state index contributed by atoms with van der Waals surface area (Å²) in [4.78, 5) is 13.9. The number of nitrogens with zero attached hydrogens (tertiary/aromatic N) is 2. The summed E-state index contributed by atoms with van der Waals surface area (Å²) in [6.07, 6.45) is 2.94. The van der Waals surface area contributed by atoms with Crippen molar-refractivity contribution in [3.8, 4) is 0 Å². The molecule has 2 aromatic carbocycles. The van der Waals surface area contributed by atoms with Crippen molar-refractivity contribution in [2.24, 2.45) is 5.92 Å². The number of ether oxygens (including phenoxy) is 1. The summed E-state index contributed by atoms with van der Waals surface area (Å²) < 4.78 is 7.11. The van der Waals surface area contributed by atoms with Gasteiger partial charge in [-0.2, -0.15) is 5.10 Å². The van der Waals surface area contributed by atoms with Crippen molar-refractivity contribution in [2.75, 3.05) is 17.7 Å². The number of rotatable bonds is 5. The van der Waals surface area contributed by atoms with E-state index in [1.165, 1.54) is 28.3 Å². The molecule has 0 spiro atoms. The first-order valence-corrected chi connectivity index (χ1v) is 13.4. The van der Waals surface area contributed by atoms with E-state index in [1.54, 1.807) is 11.3 Å². The number of aromatic nitrogens is 2. The van der Waals surface area contributed by atoms with Gasteiger partial charge in [-0.3, -0.25) is 4.68 Å². The van der Waals surface area contributed by atoms with Gasteiger partial charge in [-0.15, -0.1) is 11.3 Å². The van der Waals surface area contributed by atoms with Gasteiger partial charge in [0, 0.05) is 4.88 Å². The molecular formula is C28H30N4O2S2. The van der Waals surface area contributed by atoms with Crippen LogP contribution in [0.15, 0.2) is 42.5 Å². The minimum atomic E-state index is -0.317. The van der Waals surface area contributed by atoms with Crippen LogP contribution >= 0.6 is 23.6 Å². The molecule has 0 saturated heterocycles. The quantitative estimate of drug-likeness (QED) is 0.233. The Hall–Kier alpha value is -3.23. The van der Waals surface area contributed by atoms with E-state index in [2.05, 4.69) is 60.0 Å². The third kappa shape index (κ3) is 4.63. The van der Waals surface area contributed by atoms with E-state index in [4.69, 9.17) is 22.1 Å². The van der Waals surface area contributed by atoms with Gasteiger partial charge < -0.3 is 15.4 Å². The van der Waals surface area contributed by atoms with Crippen LogP contribution in [0.25, 0.3) is 10.8 Å². The standard InChI is InChI=1S/C28H30N4O2S2/c1-16-12-13-22-23(14-16)36-26(24(22)27(33)34-4)30-28(35)29-25-17(2)31-32(18(25)3)15-20-10-7-9-19-8-5-6-11-21(19)20/h5-11,16H,12-15H2,1-4H3,(H2,29,30,35)/t16-/m0/s1. The predicted molar refractivity (Wildman–Crippen MR) is 151 cm³/mol. The van der Waals surface area contributed by atoms with Crippen LogP contribution in [-0.4, -0.2) is 28.0 Å². The van der Waals surface area contributed by atoms with E-state index in [0.29, 0.717) is 23.1 Å². The smallest absolute Gasteiger partial charge is 0.341 e. The number of methoxy groups -OCH3 is 1. The van der Waals surface area contributed by atoms with Crippen LogP contribution in [0.2, 0.25) is 0 Å². The van der Waals surface area contributed by atoms with Gasteiger partial charge in [0.05, 0.1) is 36.3 Å². The molecule has 0 aliphatic heterocycles. The van der Waals surface area contributed by atoms with Gasteiger partial charge >= 0.3 is 5.97 Å². The molecule has 2 aromatic heterocycles. The van der Waals surface area contributed by atoms with E-state index in [9.17, 15) is 4.79 Å². The van der Waals surface area contributed by atoms with Crippen molar-refractivity contribution in [2.45, 2.75) is 46.6 Å². The highest BCUT2D eigenvalue weighted by Crippen LogP contribution is 2.40. The molecular weight excluding hydrogens is 488 g/mol. The SMILES string of the molecule is COC(=O)c1c(NC(=S)Nc2c(C)nn(Cc3cccc4ccccc34)c2C)sc2c1CC[C@H](C)C2. The maximum absolute atomic E-state index is 12.6. The first kappa shape index (κ1) is 24.5. The zero-order valence-electron chi connectivity index (χ0n) is 21.0. The van der Waals surface area contributed by atoms with Crippen molar-refractivity contribution < 1.29 is 9.53 Å². The maximum Gasteiger partial charge on any atom is 0.341 e. The second-order valence-corrected chi connectivity index (χ2v) is 11.0. The number of thiocarbonyl (C=S) groups is 1. The number of fused-ring (bicyclic) bond motifs is 2. The van der Waals surface area contributed by atoms with Gasteiger partial charge in [0.15, 0.2) is 5.11 Å². The molecule has 0 saturated carbocycles. The lowest BCUT2D eigenvalue weighted by Crippen LogP contribution is -2.21. The molecule has 2 heterocycles. The Labute approximate surface area is 220 Å². The van der Waals surface area contributed by atoms with Crippen LogP contribution in [-0.2, 0) is 24.1 Å². The molecule has 0 unspecified atom stereocenters. The zero-order valence-corrected chi connectivity index (χ0v) is 22.6. The van der Waals surface area contributed by atoms with Crippen molar-refractivity contribution in [1.29, 1.82) is 0 Å². The third-order valence-corrected chi connectivity index (χ3v) is 8.32. The molecule has 0 fully saturated rings. The fourth-order valence-electron chi connectivity index (χ4n) is 5.03. The number of carbonyl (C=O) groups excluding carboxylic acids is 1.